The molecule has 2 heterocycles. The summed E-state index contributed by atoms with van der Waals surface area (Å²) in [6, 6.07) is 2.09. The van der Waals surface area contributed by atoms with Gasteiger partial charge in [0, 0.05) is 31.5 Å². The zero-order valence-electron chi connectivity index (χ0n) is 16.7. The minimum absolute atomic E-state index is 0.0730. The van der Waals surface area contributed by atoms with Crippen LogP contribution in [0.4, 0.5) is 0 Å². The summed E-state index contributed by atoms with van der Waals surface area (Å²) in [4.78, 5) is 17.5. The van der Waals surface area contributed by atoms with E-state index < -0.39 is 0 Å². The highest BCUT2D eigenvalue weighted by Crippen LogP contribution is 2.24. The average molecular weight is 361 g/mol. The van der Waals surface area contributed by atoms with Crippen molar-refractivity contribution in [2.75, 3.05) is 19.8 Å². The van der Waals surface area contributed by atoms with E-state index in [4.69, 9.17) is 9.72 Å². The predicted molar refractivity (Wildman–Crippen MR) is 105 cm³/mol. The van der Waals surface area contributed by atoms with E-state index in [-0.39, 0.29) is 17.9 Å². The van der Waals surface area contributed by atoms with Crippen LogP contribution in [-0.4, -0.2) is 40.4 Å². The van der Waals surface area contributed by atoms with Crippen molar-refractivity contribution in [2.45, 2.75) is 65.8 Å². The smallest absolute Gasteiger partial charge is 0.252 e. The van der Waals surface area contributed by atoms with Crippen LogP contribution in [0.3, 0.4) is 0 Å². The van der Waals surface area contributed by atoms with Gasteiger partial charge in [-0.1, -0.05) is 27.2 Å². The Hall–Kier alpha value is -1.95. The van der Waals surface area contributed by atoms with Crippen molar-refractivity contribution in [2.24, 2.45) is 0 Å². The second-order valence-corrected chi connectivity index (χ2v) is 7.24. The van der Waals surface area contributed by atoms with Gasteiger partial charge < -0.3 is 10.1 Å². The highest BCUT2D eigenvalue weighted by Gasteiger charge is 2.18. The zero-order chi connectivity index (χ0) is 19.1. The van der Waals surface area contributed by atoms with Crippen LogP contribution < -0.4 is 5.32 Å². The van der Waals surface area contributed by atoms with Crippen LogP contribution >= 0.6 is 0 Å². The minimum atomic E-state index is -0.0730. The Morgan fingerprint density at radius 2 is 1.96 bits per heavy atom. The first-order chi connectivity index (χ1) is 12.5. The Morgan fingerprint density at radius 3 is 2.62 bits per heavy atom. The summed E-state index contributed by atoms with van der Waals surface area (Å²) in [6.07, 6.45) is 4.78. The zero-order valence-corrected chi connectivity index (χ0v) is 16.7. The van der Waals surface area contributed by atoms with E-state index in [1.165, 1.54) is 0 Å². The lowest BCUT2D eigenvalue weighted by molar-refractivity contribution is 0.0942. The lowest BCUT2D eigenvalue weighted by Crippen LogP contribution is -2.26. The first-order valence-electron chi connectivity index (χ1n) is 9.69. The van der Waals surface area contributed by atoms with E-state index >= 15 is 0 Å². The highest BCUT2D eigenvalue weighted by atomic mass is 16.5. The molecule has 0 aliphatic carbocycles. The van der Waals surface area contributed by atoms with Crippen molar-refractivity contribution in [3.63, 3.8) is 0 Å². The number of amides is 1. The van der Waals surface area contributed by atoms with Gasteiger partial charge in [0.1, 0.15) is 0 Å². The number of hydrogen-bond acceptors (Lipinski definition) is 4. The molecule has 0 saturated heterocycles. The Kier molecular flexibility index (Phi) is 7.57. The number of aromatic nitrogens is 3. The number of pyridine rings is 1. The van der Waals surface area contributed by atoms with Gasteiger partial charge in [0.05, 0.1) is 17.1 Å². The van der Waals surface area contributed by atoms with Crippen LogP contribution in [0.5, 0.6) is 0 Å². The van der Waals surface area contributed by atoms with Gasteiger partial charge in [-0.25, -0.2) is 9.67 Å². The molecule has 1 N–H and O–H groups in total. The fourth-order valence-electron chi connectivity index (χ4n) is 2.72. The fourth-order valence-corrected chi connectivity index (χ4v) is 2.72. The molecule has 6 heteroatoms. The molecule has 0 atom stereocenters. The molecule has 0 unspecified atom stereocenters. The summed E-state index contributed by atoms with van der Waals surface area (Å²) in [6.45, 7) is 12.5. The maximum atomic E-state index is 12.7. The lowest BCUT2D eigenvalue weighted by atomic mass is 10.0. The number of fused-ring (bicyclic) bond motifs is 1. The van der Waals surface area contributed by atoms with Gasteiger partial charge in [0.25, 0.3) is 5.91 Å². The Morgan fingerprint density at radius 1 is 1.23 bits per heavy atom. The van der Waals surface area contributed by atoms with Gasteiger partial charge in [0.2, 0.25) is 0 Å². The van der Waals surface area contributed by atoms with Crippen LogP contribution in [0.1, 0.15) is 81.9 Å². The summed E-state index contributed by atoms with van der Waals surface area (Å²) in [5.41, 5.74) is 2.34. The molecule has 2 aromatic rings. The molecule has 144 valence electrons. The summed E-state index contributed by atoms with van der Waals surface area (Å²) in [5, 5.41) is 8.24. The number of unbranched alkanes of at least 4 members (excludes halogenated alkanes) is 1. The van der Waals surface area contributed by atoms with Gasteiger partial charge >= 0.3 is 0 Å². The van der Waals surface area contributed by atoms with Crippen molar-refractivity contribution in [1.82, 2.24) is 20.1 Å². The van der Waals surface area contributed by atoms with Gasteiger partial charge in [-0.2, -0.15) is 5.10 Å². The molecule has 2 aromatic heterocycles. The SMILES string of the molecule is CCCCOCCCNC(=O)c1cc(C(C)C)nc2c1cnn2C(C)C. The lowest BCUT2D eigenvalue weighted by Gasteiger charge is -2.12. The molecule has 0 aliphatic heterocycles. The first-order valence-corrected chi connectivity index (χ1v) is 9.69. The van der Waals surface area contributed by atoms with Crippen LogP contribution in [0.2, 0.25) is 0 Å². The number of carbonyl (C=O) groups excluding carboxylic acids is 1. The molecular formula is C20H32N4O2. The maximum Gasteiger partial charge on any atom is 0.252 e. The van der Waals surface area contributed by atoms with E-state index in [1.807, 2.05) is 10.7 Å². The van der Waals surface area contributed by atoms with Gasteiger partial charge in [-0.05, 0) is 38.7 Å². The number of hydrogen-bond donors (Lipinski definition) is 1. The number of nitrogens with one attached hydrogen (secondary N) is 1. The molecule has 0 bridgehead atoms. The maximum absolute atomic E-state index is 12.7. The molecule has 1 amide bonds. The normalized spacial score (nSPS) is 11.7. The molecular weight excluding hydrogens is 328 g/mol. The molecule has 0 aliphatic rings. The molecule has 26 heavy (non-hydrogen) atoms. The number of ether oxygens (including phenoxy) is 1. The quantitative estimate of drug-likeness (QED) is 0.648. The van der Waals surface area contributed by atoms with E-state index in [0.29, 0.717) is 18.7 Å². The predicted octanol–water partition coefficient (Wildman–Crippen LogP) is 4.07. The molecule has 0 fully saturated rings. The van der Waals surface area contributed by atoms with E-state index in [0.717, 1.165) is 42.6 Å². The molecule has 0 aromatic carbocycles. The van der Waals surface area contributed by atoms with Crippen LogP contribution in [-0.2, 0) is 4.74 Å². The number of rotatable bonds is 10. The fraction of sp³-hybridized carbons (Fsp3) is 0.650. The molecule has 0 saturated carbocycles. The first kappa shape index (κ1) is 20.4. The van der Waals surface area contributed by atoms with Crippen molar-refractivity contribution in [3.05, 3.63) is 23.5 Å². The summed E-state index contributed by atoms with van der Waals surface area (Å²) < 4.78 is 7.41. The largest absolute Gasteiger partial charge is 0.381 e. The molecule has 6 nitrogen and oxygen atoms in total. The minimum Gasteiger partial charge on any atom is -0.381 e. The van der Waals surface area contributed by atoms with Crippen LogP contribution in [0, 0.1) is 0 Å². The third-order valence-corrected chi connectivity index (χ3v) is 4.31. The van der Waals surface area contributed by atoms with E-state index in [2.05, 4.69) is 45.0 Å². The summed E-state index contributed by atoms with van der Waals surface area (Å²) in [5.74, 6) is 0.171. The van der Waals surface area contributed by atoms with Crippen molar-refractivity contribution < 1.29 is 9.53 Å². The second-order valence-electron chi connectivity index (χ2n) is 7.24. The van der Waals surface area contributed by atoms with Crippen molar-refractivity contribution in [1.29, 1.82) is 0 Å². The molecule has 0 spiro atoms. The number of nitrogens with zero attached hydrogens (tertiary/aromatic N) is 3. The van der Waals surface area contributed by atoms with Gasteiger partial charge in [-0.3, -0.25) is 4.79 Å². The van der Waals surface area contributed by atoms with Crippen molar-refractivity contribution in [3.8, 4) is 0 Å². The van der Waals surface area contributed by atoms with E-state index in [1.54, 1.807) is 6.20 Å². The highest BCUT2D eigenvalue weighted by molar-refractivity contribution is 6.05. The topological polar surface area (TPSA) is 69.0 Å². The third-order valence-electron chi connectivity index (χ3n) is 4.31. The monoisotopic (exact) mass is 360 g/mol. The second kappa shape index (κ2) is 9.67. The Bertz CT molecular complexity index is 722. The van der Waals surface area contributed by atoms with Crippen molar-refractivity contribution >= 4 is 16.9 Å². The summed E-state index contributed by atoms with van der Waals surface area (Å²) in [7, 11) is 0. The number of carbonyl (C=O) groups is 1. The Balaban J connectivity index is 2.10. The standard InChI is InChI=1S/C20H32N4O2/c1-6-7-10-26-11-8-9-21-20(25)16-12-18(14(2)3)23-19-17(16)13-22-24(19)15(4)5/h12-15H,6-11H2,1-5H3,(H,21,25). The van der Waals surface area contributed by atoms with Gasteiger partial charge in [-0.15, -0.1) is 0 Å². The summed E-state index contributed by atoms with van der Waals surface area (Å²) >= 11 is 0. The Labute approximate surface area is 156 Å². The third kappa shape index (κ3) is 5.04. The molecule has 2 rings (SSSR count). The van der Waals surface area contributed by atoms with E-state index in [9.17, 15) is 4.79 Å². The average Bonchev–Trinajstić information content (AvgIpc) is 3.04. The van der Waals surface area contributed by atoms with Gasteiger partial charge in [0.15, 0.2) is 5.65 Å². The van der Waals surface area contributed by atoms with Crippen LogP contribution in [0.25, 0.3) is 11.0 Å². The van der Waals surface area contributed by atoms with Crippen LogP contribution in [0.15, 0.2) is 12.3 Å². The molecule has 0 radical (unpaired) electrons.